The SMILES string of the molecule is NC1CCCCCC1C(=O)NC1(CO)CCOCC1. The van der Waals surface area contributed by atoms with Crippen molar-refractivity contribution >= 4 is 5.91 Å². The Morgan fingerprint density at radius 3 is 2.63 bits per heavy atom. The predicted octanol–water partition coefficient (Wildman–Crippen LogP) is 0.552. The van der Waals surface area contributed by atoms with Gasteiger partial charge in [0.2, 0.25) is 5.91 Å². The highest BCUT2D eigenvalue weighted by Gasteiger charge is 2.36. The molecule has 19 heavy (non-hydrogen) atoms. The van der Waals surface area contributed by atoms with Gasteiger partial charge in [0.1, 0.15) is 0 Å². The number of rotatable bonds is 3. The molecule has 5 heteroatoms. The Kier molecular flexibility index (Phi) is 5.19. The highest BCUT2D eigenvalue weighted by atomic mass is 16.5. The molecule has 0 aromatic rings. The van der Waals surface area contributed by atoms with Crippen LogP contribution in [0.5, 0.6) is 0 Å². The van der Waals surface area contributed by atoms with Crippen molar-refractivity contribution in [2.75, 3.05) is 19.8 Å². The van der Waals surface area contributed by atoms with Crippen LogP contribution in [0.3, 0.4) is 0 Å². The van der Waals surface area contributed by atoms with E-state index in [-0.39, 0.29) is 24.5 Å². The minimum absolute atomic E-state index is 0.0188. The molecule has 2 fully saturated rings. The molecule has 0 bridgehead atoms. The second-order valence-electron chi connectivity index (χ2n) is 5.95. The number of ether oxygens (including phenoxy) is 1. The van der Waals surface area contributed by atoms with E-state index in [1.807, 2.05) is 0 Å². The summed E-state index contributed by atoms with van der Waals surface area (Å²) in [6.07, 6.45) is 6.49. The van der Waals surface area contributed by atoms with Crippen LogP contribution < -0.4 is 11.1 Å². The first-order valence-electron chi connectivity index (χ1n) is 7.43. The molecule has 1 saturated carbocycles. The van der Waals surface area contributed by atoms with Crippen LogP contribution in [0.15, 0.2) is 0 Å². The lowest BCUT2D eigenvalue weighted by Gasteiger charge is -2.38. The Balaban J connectivity index is 1.97. The molecule has 0 spiro atoms. The molecule has 2 rings (SSSR count). The second-order valence-corrected chi connectivity index (χ2v) is 5.95. The highest BCUT2D eigenvalue weighted by Crippen LogP contribution is 2.25. The van der Waals surface area contributed by atoms with Crippen LogP contribution in [0, 0.1) is 5.92 Å². The first kappa shape index (κ1) is 14.8. The molecule has 0 aromatic carbocycles. The Labute approximate surface area is 114 Å². The van der Waals surface area contributed by atoms with Crippen molar-refractivity contribution < 1.29 is 14.6 Å². The van der Waals surface area contributed by atoms with Crippen LogP contribution in [0.25, 0.3) is 0 Å². The van der Waals surface area contributed by atoms with Crippen molar-refractivity contribution in [3.8, 4) is 0 Å². The summed E-state index contributed by atoms with van der Waals surface area (Å²) in [6, 6.07) is -0.0434. The van der Waals surface area contributed by atoms with E-state index in [1.54, 1.807) is 0 Å². The summed E-state index contributed by atoms with van der Waals surface area (Å²) in [5, 5.41) is 12.7. The third-order valence-corrected chi connectivity index (χ3v) is 4.55. The first-order valence-corrected chi connectivity index (χ1v) is 7.43. The molecule has 5 nitrogen and oxygen atoms in total. The van der Waals surface area contributed by atoms with E-state index >= 15 is 0 Å². The third-order valence-electron chi connectivity index (χ3n) is 4.55. The summed E-state index contributed by atoms with van der Waals surface area (Å²) in [4.78, 5) is 12.5. The van der Waals surface area contributed by atoms with Gasteiger partial charge in [-0.05, 0) is 25.7 Å². The van der Waals surface area contributed by atoms with Crippen molar-refractivity contribution in [2.45, 2.75) is 56.5 Å². The van der Waals surface area contributed by atoms with Gasteiger partial charge >= 0.3 is 0 Å². The topological polar surface area (TPSA) is 84.6 Å². The molecule has 1 aliphatic carbocycles. The Bertz CT molecular complexity index is 303. The quantitative estimate of drug-likeness (QED) is 0.654. The van der Waals surface area contributed by atoms with E-state index in [0.29, 0.717) is 26.1 Å². The van der Waals surface area contributed by atoms with E-state index in [0.717, 1.165) is 32.1 Å². The molecule has 2 aliphatic rings. The summed E-state index contributed by atoms with van der Waals surface area (Å²) >= 11 is 0. The van der Waals surface area contributed by atoms with Gasteiger partial charge in [-0.3, -0.25) is 4.79 Å². The maximum Gasteiger partial charge on any atom is 0.225 e. The fourth-order valence-corrected chi connectivity index (χ4v) is 3.10. The van der Waals surface area contributed by atoms with Crippen LogP contribution in [-0.4, -0.2) is 42.4 Å². The zero-order valence-corrected chi connectivity index (χ0v) is 11.6. The van der Waals surface area contributed by atoms with E-state index in [9.17, 15) is 9.90 Å². The standard InChI is InChI=1S/C14H26N2O3/c15-12-5-3-1-2-4-11(12)13(18)16-14(10-17)6-8-19-9-7-14/h11-12,17H,1-10,15H2,(H,16,18). The number of nitrogens with two attached hydrogens (primary N) is 1. The summed E-state index contributed by atoms with van der Waals surface area (Å²) in [6.45, 7) is 1.17. The Hall–Kier alpha value is -0.650. The van der Waals surface area contributed by atoms with Crippen LogP contribution in [0.2, 0.25) is 0 Å². The third kappa shape index (κ3) is 3.68. The van der Waals surface area contributed by atoms with Crippen LogP contribution >= 0.6 is 0 Å². The summed E-state index contributed by atoms with van der Waals surface area (Å²) < 4.78 is 5.31. The van der Waals surface area contributed by atoms with Gasteiger partial charge in [0.15, 0.2) is 0 Å². The minimum atomic E-state index is -0.499. The molecular weight excluding hydrogens is 244 g/mol. The zero-order chi connectivity index (χ0) is 13.7. The Morgan fingerprint density at radius 2 is 1.95 bits per heavy atom. The van der Waals surface area contributed by atoms with Crippen LogP contribution in [0.1, 0.15) is 44.9 Å². The summed E-state index contributed by atoms with van der Waals surface area (Å²) in [7, 11) is 0. The van der Waals surface area contributed by atoms with Gasteiger partial charge in [0.25, 0.3) is 0 Å². The van der Waals surface area contributed by atoms with Gasteiger partial charge in [-0.2, -0.15) is 0 Å². The highest BCUT2D eigenvalue weighted by molar-refractivity contribution is 5.80. The van der Waals surface area contributed by atoms with Gasteiger partial charge in [0, 0.05) is 19.3 Å². The molecule has 0 aromatic heterocycles. The normalized spacial score (nSPS) is 31.5. The Morgan fingerprint density at radius 1 is 1.26 bits per heavy atom. The van der Waals surface area contributed by atoms with E-state index < -0.39 is 5.54 Å². The van der Waals surface area contributed by atoms with E-state index in [4.69, 9.17) is 10.5 Å². The number of aliphatic hydroxyl groups is 1. The number of aliphatic hydroxyl groups excluding tert-OH is 1. The number of carbonyl (C=O) groups excluding carboxylic acids is 1. The van der Waals surface area contributed by atoms with Crippen LogP contribution in [-0.2, 0) is 9.53 Å². The molecule has 110 valence electrons. The predicted molar refractivity (Wildman–Crippen MR) is 72.6 cm³/mol. The van der Waals surface area contributed by atoms with Gasteiger partial charge in [-0.1, -0.05) is 19.3 Å². The molecule has 2 atom stereocenters. The van der Waals surface area contributed by atoms with Crippen molar-refractivity contribution in [2.24, 2.45) is 11.7 Å². The zero-order valence-electron chi connectivity index (χ0n) is 11.6. The average Bonchev–Trinajstić information content (AvgIpc) is 2.64. The van der Waals surface area contributed by atoms with Crippen molar-refractivity contribution in [3.05, 3.63) is 0 Å². The van der Waals surface area contributed by atoms with E-state index in [2.05, 4.69) is 5.32 Å². The number of hydrogen-bond acceptors (Lipinski definition) is 4. The molecule has 0 radical (unpaired) electrons. The molecule has 1 heterocycles. The smallest absolute Gasteiger partial charge is 0.225 e. The van der Waals surface area contributed by atoms with Crippen LogP contribution in [0.4, 0.5) is 0 Å². The van der Waals surface area contributed by atoms with Crippen molar-refractivity contribution in [3.63, 3.8) is 0 Å². The number of amides is 1. The largest absolute Gasteiger partial charge is 0.394 e. The lowest BCUT2D eigenvalue weighted by atomic mass is 9.88. The van der Waals surface area contributed by atoms with Gasteiger partial charge < -0.3 is 20.9 Å². The molecule has 2 unspecified atom stereocenters. The maximum absolute atomic E-state index is 12.5. The van der Waals surface area contributed by atoms with Crippen molar-refractivity contribution in [1.82, 2.24) is 5.32 Å². The van der Waals surface area contributed by atoms with Gasteiger partial charge in [-0.25, -0.2) is 0 Å². The first-order chi connectivity index (χ1) is 9.17. The molecule has 1 saturated heterocycles. The monoisotopic (exact) mass is 270 g/mol. The lowest BCUT2D eigenvalue weighted by molar-refractivity contribution is -0.130. The second kappa shape index (κ2) is 6.68. The molecule has 4 N–H and O–H groups in total. The fourth-order valence-electron chi connectivity index (χ4n) is 3.10. The number of nitrogens with one attached hydrogen (secondary N) is 1. The molecule has 1 aliphatic heterocycles. The van der Waals surface area contributed by atoms with Gasteiger partial charge in [0.05, 0.1) is 18.1 Å². The number of carbonyl (C=O) groups is 1. The van der Waals surface area contributed by atoms with Gasteiger partial charge in [-0.15, -0.1) is 0 Å². The number of hydrogen-bond donors (Lipinski definition) is 3. The average molecular weight is 270 g/mol. The van der Waals surface area contributed by atoms with Crippen molar-refractivity contribution in [1.29, 1.82) is 0 Å². The van der Waals surface area contributed by atoms with E-state index in [1.165, 1.54) is 0 Å². The maximum atomic E-state index is 12.5. The molecule has 1 amide bonds. The summed E-state index contributed by atoms with van der Waals surface area (Å²) in [5.41, 5.74) is 5.62. The summed E-state index contributed by atoms with van der Waals surface area (Å²) in [5.74, 6) is -0.0841. The fraction of sp³-hybridized carbons (Fsp3) is 0.929. The lowest BCUT2D eigenvalue weighted by Crippen LogP contribution is -2.57. The minimum Gasteiger partial charge on any atom is -0.394 e. The molecular formula is C14H26N2O3.